The summed E-state index contributed by atoms with van der Waals surface area (Å²) in [6.07, 6.45) is 2.19. The van der Waals surface area contributed by atoms with Crippen LogP contribution in [0.2, 0.25) is 5.02 Å². The summed E-state index contributed by atoms with van der Waals surface area (Å²) in [6.45, 7) is 1.94. The van der Waals surface area contributed by atoms with E-state index in [2.05, 4.69) is 15.3 Å². The molecule has 0 spiro atoms. The Bertz CT molecular complexity index is 848. The van der Waals surface area contributed by atoms with Crippen molar-refractivity contribution in [3.05, 3.63) is 41.0 Å². The van der Waals surface area contributed by atoms with Gasteiger partial charge in [0.05, 0.1) is 10.6 Å². The van der Waals surface area contributed by atoms with Crippen molar-refractivity contribution in [2.45, 2.75) is 23.6 Å². The minimum absolute atomic E-state index is 0.300. The summed E-state index contributed by atoms with van der Waals surface area (Å²) in [5.74, 6) is -0.326. The lowest BCUT2D eigenvalue weighted by Gasteiger charge is -2.11. The van der Waals surface area contributed by atoms with Crippen LogP contribution in [0.1, 0.15) is 13.3 Å². The van der Waals surface area contributed by atoms with Gasteiger partial charge < -0.3 is 5.73 Å². The number of nitrogens with zero attached hydrogens (tertiary/aromatic N) is 2. The van der Waals surface area contributed by atoms with Crippen molar-refractivity contribution in [2.75, 3.05) is 0 Å². The Kier molecular flexibility index (Phi) is 4.84. The third-order valence-electron chi connectivity index (χ3n) is 3.43. The smallest absolute Gasteiger partial charge is 0.230 e. The summed E-state index contributed by atoms with van der Waals surface area (Å²) < 4.78 is 0. The number of primary amides is 1. The lowest BCUT2D eigenvalue weighted by atomic mass is 10.1. The van der Waals surface area contributed by atoms with Crippen molar-refractivity contribution < 1.29 is 4.79 Å². The zero-order valence-corrected chi connectivity index (χ0v) is 14.7. The lowest BCUT2D eigenvalue weighted by Crippen LogP contribution is -2.24. The number of halogens is 1. The second-order valence-electron chi connectivity index (χ2n) is 4.93. The average molecular weight is 364 g/mol. The number of thioether (sulfide) groups is 1. The number of amides is 1. The van der Waals surface area contributed by atoms with Gasteiger partial charge in [-0.3, -0.25) is 4.79 Å². The molecule has 0 bridgehead atoms. The first-order valence-corrected chi connectivity index (χ1v) is 9.18. The Hall–Kier alpha value is -1.63. The zero-order valence-electron chi connectivity index (χ0n) is 12.3. The van der Waals surface area contributed by atoms with Crippen molar-refractivity contribution in [3.63, 3.8) is 0 Å². The molecule has 0 saturated heterocycles. The number of carbonyl (C=O) groups is 1. The molecule has 1 amide bonds. The Morgan fingerprint density at radius 1 is 1.35 bits per heavy atom. The summed E-state index contributed by atoms with van der Waals surface area (Å²) in [7, 11) is 0. The molecule has 3 aromatic rings. The zero-order chi connectivity index (χ0) is 16.4. The molecule has 0 fully saturated rings. The number of fused-ring (bicyclic) bond motifs is 1. The third kappa shape index (κ3) is 3.34. The summed E-state index contributed by atoms with van der Waals surface area (Å²) >= 11 is 8.92. The normalized spacial score (nSPS) is 12.4. The van der Waals surface area contributed by atoms with Gasteiger partial charge in [-0.2, -0.15) is 0 Å². The number of carbonyl (C=O) groups excluding carboxylic acids is 1. The molecule has 3 rings (SSSR count). The summed E-state index contributed by atoms with van der Waals surface area (Å²) in [4.78, 5) is 21.2. The number of hydrogen-bond donors (Lipinski definition) is 1. The van der Waals surface area contributed by atoms with E-state index in [1.165, 1.54) is 18.1 Å². The number of thiophene rings is 1. The number of benzene rings is 1. The molecule has 0 aliphatic heterocycles. The maximum absolute atomic E-state index is 11.5. The van der Waals surface area contributed by atoms with Crippen LogP contribution in [0.3, 0.4) is 0 Å². The van der Waals surface area contributed by atoms with Crippen molar-refractivity contribution >= 4 is 50.8 Å². The first-order valence-electron chi connectivity index (χ1n) is 7.04. The van der Waals surface area contributed by atoms with Crippen molar-refractivity contribution in [3.8, 4) is 11.1 Å². The molecular weight excluding hydrogens is 350 g/mol. The van der Waals surface area contributed by atoms with Gasteiger partial charge >= 0.3 is 0 Å². The molecule has 2 aromatic heterocycles. The fraction of sp³-hybridized carbons (Fsp3) is 0.188. The predicted molar refractivity (Wildman–Crippen MR) is 97.0 cm³/mol. The van der Waals surface area contributed by atoms with E-state index >= 15 is 0 Å². The number of hydrogen-bond acceptors (Lipinski definition) is 5. The van der Waals surface area contributed by atoms with Gasteiger partial charge in [0.2, 0.25) is 5.91 Å². The van der Waals surface area contributed by atoms with Gasteiger partial charge in [-0.05, 0) is 24.1 Å². The van der Waals surface area contributed by atoms with E-state index in [9.17, 15) is 4.79 Å². The highest BCUT2D eigenvalue weighted by molar-refractivity contribution is 8.00. The average Bonchev–Trinajstić information content (AvgIpc) is 2.98. The number of nitrogens with two attached hydrogens (primary N) is 1. The third-order valence-corrected chi connectivity index (χ3v) is 5.95. The summed E-state index contributed by atoms with van der Waals surface area (Å²) in [5.41, 5.74) is 7.56. The van der Waals surface area contributed by atoms with Gasteiger partial charge in [0.25, 0.3) is 0 Å². The molecule has 1 aromatic carbocycles. The van der Waals surface area contributed by atoms with Crippen LogP contribution in [0.5, 0.6) is 0 Å². The van der Waals surface area contributed by atoms with Gasteiger partial charge in [-0.1, -0.05) is 42.4 Å². The first-order chi connectivity index (χ1) is 11.1. The van der Waals surface area contributed by atoms with Crippen LogP contribution < -0.4 is 5.73 Å². The van der Waals surface area contributed by atoms with Crippen LogP contribution in [0.4, 0.5) is 0 Å². The minimum Gasteiger partial charge on any atom is -0.369 e. The second kappa shape index (κ2) is 6.86. The van der Waals surface area contributed by atoms with E-state index in [0.717, 1.165) is 26.4 Å². The molecule has 4 nitrogen and oxygen atoms in total. The fourth-order valence-electron chi connectivity index (χ4n) is 2.26. The van der Waals surface area contributed by atoms with Gasteiger partial charge in [-0.25, -0.2) is 9.97 Å². The summed E-state index contributed by atoms with van der Waals surface area (Å²) in [6, 6.07) is 7.65. The second-order valence-corrected chi connectivity index (χ2v) is 7.42. The molecule has 23 heavy (non-hydrogen) atoms. The van der Waals surface area contributed by atoms with Crippen LogP contribution in [0.25, 0.3) is 21.3 Å². The standard InChI is InChI=1S/C16H14ClN3OS2/c1-2-12(14(18)21)23-16-13-11(7-22-15(13)19-8-20-16)9-3-5-10(17)6-4-9/h3-8,12H,2H2,1H3,(H2,18,21). The van der Waals surface area contributed by atoms with E-state index in [1.807, 2.05) is 31.2 Å². The van der Waals surface area contributed by atoms with Crippen molar-refractivity contribution in [2.24, 2.45) is 5.73 Å². The minimum atomic E-state index is -0.326. The maximum Gasteiger partial charge on any atom is 0.230 e. The van der Waals surface area contributed by atoms with Gasteiger partial charge in [-0.15, -0.1) is 11.3 Å². The van der Waals surface area contributed by atoms with E-state index in [-0.39, 0.29) is 11.2 Å². The largest absolute Gasteiger partial charge is 0.369 e. The highest BCUT2D eigenvalue weighted by atomic mass is 35.5. The quantitative estimate of drug-likeness (QED) is 0.540. The molecule has 1 atom stereocenters. The lowest BCUT2D eigenvalue weighted by molar-refractivity contribution is -0.117. The molecule has 0 aliphatic carbocycles. The molecule has 1 unspecified atom stereocenters. The molecule has 118 valence electrons. The van der Waals surface area contributed by atoms with Gasteiger partial charge in [0, 0.05) is 16.0 Å². The molecule has 0 aliphatic rings. The monoisotopic (exact) mass is 363 g/mol. The van der Waals surface area contributed by atoms with Crippen molar-refractivity contribution in [1.82, 2.24) is 9.97 Å². The van der Waals surface area contributed by atoms with Crippen molar-refractivity contribution in [1.29, 1.82) is 0 Å². The van der Waals surface area contributed by atoms with E-state index < -0.39 is 0 Å². The molecule has 2 heterocycles. The van der Waals surface area contributed by atoms with Gasteiger partial charge in [0.15, 0.2) is 0 Å². The fourth-order valence-corrected chi connectivity index (χ4v) is 4.35. The molecule has 0 saturated carbocycles. The van der Waals surface area contributed by atoms with Gasteiger partial charge in [0.1, 0.15) is 16.2 Å². The van der Waals surface area contributed by atoms with Crippen LogP contribution in [-0.2, 0) is 4.79 Å². The Morgan fingerprint density at radius 2 is 2.09 bits per heavy atom. The number of rotatable bonds is 5. The highest BCUT2D eigenvalue weighted by Crippen LogP contribution is 2.39. The van der Waals surface area contributed by atoms with E-state index in [4.69, 9.17) is 17.3 Å². The Balaban J connectivity index is 2.10. The van der Waals surface area contributed by atoms with Crippen LogP contribution in [0.15, 0.2) is 41.0 Å². The Labute approximate surface area is 147 Å². The molecular formula is C16H14ClN3OS2. The van der Waals surface area contributed by atoms with Crippen LogP contribution in [-0.4, -0.2) is 21.1 Å². The SMILES string of the molecule is CCC(Sc1ncnc2scc(-c3ccc(Cl)cc3)c12)C(N)=O. The molecule has 2 N–H and O–H groups in total. The number of aromatic nitrogens is 2. The Morgan fingerprint density at radius 3 is 2.74 bits per heavy atom. The highest BCUT2D eigenvalue weighted by Gasteiger charge is 2.20. The maximum atomic E-state index is 11.5. The topological polar surface area (TPSA) is 68.9 Å². The summed E-state index contributed by atoms with van der Waals surface area (Å²) in [5, 5.41) is 4.19. The predicted octanol–water partition coefficient (Wildman–Crippen LogP) is 4.37. The first kappa shape index (κ1) is 16.2. The van der Waals surface area contributed by atoms with Crippen LogP contribution in [0, 0.1) is 0 Å². The molecule has 7 heteroatoms. The molecule has 0 radical (unpaired) electrons. The van der Waals surface area contributed by atoms with E-state index in [0.29, 0.717) is 11.4 Å². The van der Waals surface area contributed by atoms with Crippen LogP contribution >= 0.6 is 34.7 Å². The van der Waals surface area contributed by atoms with E-state index in [1.54, 1.807) is 11.3 Å².